The van der Waals surface area contributed by atoms with Crippen molar-refractivity contribution in [2.24, 2.45) is 0 Å². The predicted molar refractivity (Wildman–Crippen MR) is 80.6 cm³/mol. The molecule has 3 rings (SSSR count). The van der Waals surface area contributed by atoms with E-state index >= 15 is 0 Å². The third-order valence-electron chi connectivity index (χ3n) is 3.36. The number of carbonyl (C=O) groups excluding carboxylic acids is 1. The highest BCUT2D eigenvalue weighted by Crippen LogP contribution is 2.34. The van der Waals surface area contributed by atoms with Gasteiger partial charge in [0.15, 0.2) is 0 Å². The number of hydrogen-bond acceptors (Lipinski definition) is 2. The lowest BCUT2D eigenvalue weighted by Crippen LogP contribution is -2.36. The van der Waals surface area contributed by atoms with Crippen LogP contribution in [-0.4, -0.2) is 30.0 Å². The van der Waals surface area contributed by atoms with E-state index in [9.17, 15) is 4.79 Å². The highest BCUT2D eigenvalue weighted by atomic mass is 16.2. The van der Waals surface area contributed by atoms with Crippen molar-refractivity contribution in [1.29, 1.82) is 0 Å². The third kappa shape index (κ3) is 2.02. The Kier molecular flexibility index (Phi) is 3.12. The Morgan fingerprint density at radius 1 is 0.900 bits per heavy atom. The molecule has 20 heavy (non-hydrogen) atoms. The molecular weight excluding hydrogens is 248 g/mol. The first kappa shape index (κ1) is 12.6. The fourth-order valence-electron chi connectivity index (χ4n) is 2.47. The molecule has 0 aromatic heterocycles. The number of rotatable bonds is 2. The summed E-state index contributed by atoms with van der Waals surface area (Å²) in [6.07, 6.45) is 2.05. The molecule has 2 aromatic carbocycles. The lowest BCUT2D eigenvalue weighted by atomic mass is 10.1. The van der Waals surface area contributed by atoms with E-state index in [1.807, 2.05) is 79.8 Å². The molecule has 1 aliphatic rings. The van der Waals surface area contributed by atoms with E-state index in [0.29, 0.717) is 0 Å². The van der Waals surface area contributed by atoms with Gasteiger partial charge in [-0.25, -0.2) is 10.0 Å². The Morgan fingerprint density at radius 2 is 1.50 bits per heavy atom. The highest BCUT2D eigenvalue weighted by Gasteiger charge is 2.33. The predicted octanol–water partition coefficient (Wildman–Crippen LogP) is 3.12. The standard InChI is InChI=1S/C17H16N2O/c1-18(2)19-16(12-13-8-4-3-5-9-13)14-10-6-7-11-15(14)17(19)20/h3-12H,1-2H3/b16-12-. The monoisotopic (exact) mass is 264 g/mol. The zero-order chi connectivity index (χ0) is 14.1. The average Bonchev–Trinajstić information content (AvgIpc) is 2.74. The maximum absolute atomic E-state index is 12.5. The van der Waals surface area contributed by atoms with Gasteiger partial charge >= 0.3 is 0 Å². The van der Waals surface area contributed by atoms with Crippen LogP contribution in [0.15, 0.2) is 54.6 Å². The summed E-state index contributed by atoms with van der Waals surface area (Å²) in [5.41, 5.74) is 3.74. The molecule has 0 fully saturated rings. The summed E-state index contributed by atoms with van der Waals surface area (Å²) in [5.74, 6) is 0.0211. The van der Waals surface area contributed by atoms with E-state index in [1.54, 1.807) is 5.01 Å². The molecule has 1 aliphatic heterocycles. The normalized spacial score (nSPS) is 16.1. The first-order valence-electron chi connectivity index (χ1n) is 6.56. The largest absolute Gasteiger partial charge is 0.273 e. The van der Waals surface area contributed by atoms with Crippen LogP contribution in [-0.2, 0) is 0 Å². The zero-order valence-electron chi connectivity index (χ0n) is 11.6. The van der Waals surface area contributed by atoms with Crippen molar-refractivity contribution in [2.75, 3.05) is 14.1 Å². The van der Waals surface area contributed by atoms with Crippen LogP contribution in [0, 0.1) is 0 Å². The molecule has 0 N–H and O–H groups in total. The first-order chi connectivity index (χ1) is 9.68. The molecule has 0 bridgehead atoms. The molecule has 2 aromatic rings. The van der Waals surface area contributed by atoms with Crippen LogP contribution in [0.4, 0.5) is 0 Å². The average molecular weight is 264 g/mol. The van der Waals surface area contributed by atoms with Gasteiger partial charge in [-0.15, -0.1) is 0 Å². The van der Waals surface area contributed by atoms with Gasteiger partial charge in [0, 0.05) is 19.7 Å². The van der Waals surface area contributed by atoms with E-state index in [-0.39, 0.29) is 5.91 Å². The molecule has 0 atom stereocenters. The van der Waals surface area contributed by atoms with Crippen LogP contribution in [0.25, 0.3) is 11.8 Å². The van der Waals surface area contributed by atoms with Gasteiger partial charge in [-0.3, -0.25) is 4.79 Å². The SMILES string of the molecule is CN(C)N1C(=O)c2ccccc2/C1=C/c1ccccc1. The first-order valence-corrected chi connectivity index (χ1v) is 6.56. The van der Waals surface area contributed by atoms with Crippen LogP contribution in [0.5, 0.6) is 0 Å². The van der Waals surface area contributed by atoms with E-state index in [0.717, 1.165) is 22.4 Å². The van der Waals surface area contributed by atoms with E-state index in [1.165, 1.54) is 0 Å². The van der Waals surface area contributed by atoms with E-state index in [2.05, 4.69) is 0 Å². The van der Waals surface area contributed by atoms with Crippen molar-refractivity contribution in [3.63, 3.8) is 0 Å². The van der Waals surface area contributed by atoms with Crippen molar-refractivity contribution in [3.05, 3.63) is 71.3 Å². The summed E-state index contributed by atoms with van der Waals surface area (Å²) >= 11 is 0. The number of amides is 1. The van der Waals surface area contributed by atoms with Gasteiger partial charge in [0.2, 0.25) is 0 Å². The minimum absolute atomic E-state index is 0.0211. The molecule has 0 saturated heterocycles. The van der Waals surface area contributed by atoms with Crippen LogP contribution in [0.3, 0.4) is 0 Å². The number of nitrogens with zero attached hydrogens (tertiary/aromatic N) is 2. The summed E-state index contributed by atoms with van der Waals surface area (Å²) in [7, 11) is 3.76. The van der Waals surface area contributed by atoms with Crippen LogP contribution in [0.1, 0.15) is 21.5 Å². The van der Waals surface area contributed by atoms with Gasteiger partial charge in [0.25, 0.3) is 5.91 Å². The number of hydrogen-bond donors (Lipinski definition) is 0. The lowest BCUT2D eigenvalue weighted by Gasteiger charge is -2.25. The molecule has 3 nitrogen and oxygen atoms in total. The number of fused-ring (bicyclic) bond motifs is 1. The number of benzene rings is 2. The second-order valence-corrected chi connectivity index (χ2v) is 4.95. The van der Waals surface area contributed by atoms with E-state index in [4.69, 9.17) is 0 Å². The van der Waals surface area contributed by atoms with Gasteiger partial charge in [0.1, 0.15) is 0 Å². The van der Waals surface area contributed by atoms with Crippen molar-refractivity contribution < 1.29 is 4.79 Å². The Labute approximate surface area is 118 Å². The third-order valence-corrected chi connectivity index (χ3v) is 3.36. The maximum Gasteiger partial charge on any atom is 0.273 e. The quantitative estimate of drug-likeness (QED) is 0.832. The molecule has 0 saturated carbocycles. The Bertz CT molecular complexity index is 674. The van der Waals surface area contributed by atoms with Gasteiger partial charge in [-0.1, -0.05) is 48.5 Å². The minimum Gasteiger partial charge on any atom is -0.267 e. The Hall–Kier alpha value is -2.39. The second kappa shape index (κ2) is 4.94. The summed E-state index contributed by atoms with van der Waals surface area (Å²) in [4.78, 5) is 12.5. The summed E-state index contributed by atoms with van der Waals surface area (Å²) in [6, 6.07) is 17.8. The number of carbonyl (C=O) groups is 1. The van der Waals surface area contributed by atoms with Gasteiger partial charge < -0.3 is 0 Å². The van der Waals surface area contributed by atoms with E-state index < -0.39 is 0 Å². The van der Waals surface area contributed by atoms with Gasteiger partial charge in [-0.2, -0.15) is 0 Å². The Morgan fingerprint density at radius 3 is 2.15 bits per heavy atom. The molecule has 0 unspecified atom stereocenters. The molecule has 0 radical (unpaired) electrons. The summed E-state index contributed by atoms with van der Waals surface area (Å²) in [6.45, 7) is 0. The van der Waals surface area contributed by atoms with Crippen LogP contribution >= 0.6 is 0 Å². The number of hydrazine groups is 1. The fraction of sp³-hybridized carbons (Fsp3) is 0.118. The van der Waals surface area contributed by atoms with Crippen molar-refractivity contribution >= 4 is 17.7 Å². The maximum atomic E-state index is 12.5. The molecule has 0 spiro atoms. The van der Waals surface area contributed by atoms with Crippen LogP contribution in [0.2, 0.25) is 0 Å². The second-order valence-electron chi connectivity index (χ2n) is 4.95. The fourth-order valence-corrected chi connectivity index (χ4v) is 2.47. The molecule has 100 valence electrons. The topological polar surface area (TPSA) is 23.6 Å². The Balaban J connectivity index is 2.16. The summed E-state index contributed by atoms with van der Waals surface area (Å²) < 4.78 is 0. The molecule has 0 aliphatic carbocycles. The smallest absolute Gasteiger partial charge is 0.267 e. The highest BCUT2D eigenvalue weighted by molar-refractivity contribution is 6.11. The van der Waals surface area contributed by atoms with Crippen LogP contribution < -0.4 is 0 Å². The summed E-state index contributed by atoms with van der Waals surface area (Å²) in [5, 5.41) is 3.52. The van der Waals surface area contributed by atoms with Crippen molar-refractivity contribution in [2.45, 2.75) is 0 Å². The van der Waals surface area contributed by atoms with Gasteiger partial charge in [-0.05, 0) is 17.7 Å². The molecular formula is C17H16N2O. The minimum atomic E-state index is 0.0211. The van der Waals surface area contributed by atoms with Crippen molar-refractivity contribution in [3.8, 4) is 0 Å². The molecule has 3 heteroatoms. The molecule has 1 heterocycles. The lowest BCUT2D eigenvalue weighted by molar-refractivity contribution is 0.0523. The zero-order valence-corrected chi connectivity index (χ0v) is 11.6. The van der Waals surface area contributed by atoms with Crippen molar-refractivity contribution in [1.82, 2.24) is 10.0 Å². The molecule has 1 amide bonds. The van der Waals surface area contributed by atoms with Gasteiger partial charge in [0.05, 0.1) is 11.3 Å².